The molecule has 0 saturated heterocycles. The summed E-state index contributed by atoms with van der Waals surface area (Å²) in [4.78, 5) is 10.7. The SMILES string of the molecule is CCCN(CCC)S(=O)(=O)c1cc(C(=O)O)oc1C. The summed E-state index contributed by atoms with van der Waals surface area (Å²) < 4.78 is 31.2. The van der Waals surface area contributed by atoms with Gasteiger partial charge in [0.2, 0.25) is 15.8 Å². The summed E-state index contributed by atoms with van der Waals surface area (Å²) in [5.74, 6) is -1.53. The minimum Gasteiger partial charge on any atom is -0.475 e. The third-order valence-corrected chi connectivity index (χ3v) is 4.65. The number of furan rings is 1. The van der Waals surface area contributed by atoms with Gasteiger partial charge in [0.1, 0.15) is 10.7 Å². The van der Waals surface area contributed by atoms with Crippen molar-refractivity contribution in [1.29, 1.82) is 0 Å². The molecular weight excluding hydrogens is 270 g/mol. The number of sulfonamides is 1. The van der Waals surface area contributed by atoms with E-state index < -0.39 is 16.0 Å². The van der Waals surface area contributed by atoms with Gasteiger partial charge in [0.15, 0.2) is 0 Å². The van der Waals surface area contributed by atoms with E-state index in [0.29, 0.717) is 25.9 Å². The molecule has 0 fully saturated rings. The van der Waals surface area contributed by atoms with Crippen molar-refractivity contribution < 1.29 is 22.7 Å². The van der Waals surface area contributed by atoms with Crippen LogP contribution in [-0.4, -0.2) is 36.9 Å². The van der Waals surface area contributed by atoms with Gasteiger partial charge in [-0.2, -0.15) is 4.31 Å². The number of rotatable bonds is 7. The summed E-state index contributed by atoms with van der Waals surface area (Å²) in [6.07, 6.45) is 1.39. The van der Waals surface area contributed by atoms with Gasteiger partial charge in [-0.3, -0.25) is 0 Å². The molecule has 0 saturated carbocycles. The maximum atomic E-state index is 12.4. The molecule has 0 aliphatic rings. The third-order valence-electron chi connectivity index (χ3n) is 2.65. The van der Waals surface area contributed by atoms with E-state index in [1.54, 1.807) is 0 Å². The average Bonchev–Trinajstić information content (AvgIpc) is 2.72. The predicted molar refractivity (Wildman–Crippen MR) is 69.7 cm³/mol. The molecule has 7 heteroatoms. The van der Waals surface area contributed by atoms with Crippen LogP contribution in [-0.2, 0) is 10.0 Å². The number of aryl methyl sites for hydroxylation is 1. The van der Waals surface area contributed by atoms with Crippen LogP contribution < -0.4 is 0 Å². The van der Waals surface area contributed by atoms with Crippen LogP contribution in [0.5, 0.6) is 0 Å². The van der Waals surface area contributed by atoms with Crippen molar-refractivity contribution in [3.63, 3.8) is 0 Å². The molecule has 1 rings (SSSR count). The number of aromatic carboxylic acids is 1. The lowest BCUT2D eigenvalue weighted by molar-refractivity contribution is 0.0661. The standard InChI is InChI=1S/C12H19NO5S/c1-4-6-13(7-5-2)19(16,17)11-8-10(12(14)15)18-9(11)3/h8H,4-7H2,1-3H3,(H,14,15). The fraction of sp³-hybridized carbons (Fsp3) is 0.583. The Hall–Kier alpha value is -1.34. The topological polar surface area (TPSA) is 87.8 Å². The highest BCUT2D eigenvalue weighted by Gasteiger charge is 2.29. The van der Waals surface area contributed by atoms with Gasteiger partial charge in [-0.25, -0.2) is 13.2 Å². The Morgan fingerprint density at radius 2 is 1.84 bits per heavy atom. The number of carboxylic acids is 1. The number of carbonyl (C=O) groups is 1. The van der Waals surface area contributed by atoms with Gasteiger partial charge in [0.05, 0.1) is 0 Å². The molecule has 0 bridgehead atoms. The molecule has 0 unspecified atom stereocenters. The normalized spacial score (nSPS) is 12.0. The van der Waals surface area contributed by atoms with Crippen LogP contribution >= 0.6 is 0 Å². The molecule has 0 spiro atoms. The van der Waals surface area contributed by atoms with Gasteiger partial charge in [-0.1, -0.05) is 13.8 Å². The molecular formula is C12H19NO5S. The van der Waals surface area contributed by atoms with Crippen molar-refractivity contribution >= 4 is 16.0 Å². The lowest BCUT2D eigenvalue weighted by atomic mass is 10.4. The first kappa shape index (κ1) is 15.7. The molecule has 6 nitrogen and oxygen atoms in total. The first-order chi connectivity index (χ1) is 8.84. The second-order valence-corrected chi connectivity index (χ2v) is 6.15. The van der Waals surface area contributed by atoms with E-state index >= 15 is 0 Å². The fourth-order valence-corrected chi connectivity index (χ4v) is 3.60. The zero-order valence-electron chi connectivity index (χ0n) is 11.3. The summed E-state index contributed by atoms with van der Waals surface area (Å²) >= 11 is 0. The van der Waals surface area contributed by atoms with E-state index in [1.807, 2.05) is 13.8 Å². The van der Waals surface area contributed by atoms with Crippen LogP contribution in [0.2, 0.25) is 0 Å². The molecule has 1 aromatic heterocycles. The molecule has 1 heterocycles. The van der Waals surface area contributed by atoms with Crippen LogP contribution in [0.1, 0.15) is 43.0 Å². The van der Waals surface area contributed by atoms with Gasteiger partial charge in [-0.15, -0.1) is 0 Å². The number of hydrogen-bond donors (Lipinski definition) is 1. The van der Waals surface area contributed by atoms with E-state index in [9.17, 15) is 13.2 Å². The highest BCUT2D eigenvalue weighted by molar-refractivity contribution is 7.89. The third kappa shape index (κ3) is 3.36. The summed E-state index contributed by atoms with van der Waals surface area (Å²) in [7, 11) is -3.69. The van der Waals surface area contributed by atoms with Crippen molar-refractivity contribution in [2.45, 2.75) is 38.5 Å². The first-order valence-corrected chi connectivity index (χ1v) is 7.62. The Labute approximate surface area is 113 Å². The van der Waals surface area contributed by atoms with E-state index in [4.69, 9.17) is 9.52 Å². The van der Waals surface area contributed by atoms with E-state index in [-0.39, 0.29) is 16.4 Å². The second-order valence-electron chi connectivity index (χ2n) is 4.24. The second kappa shape index (κ2) is 6.21. The molecule has 0 atom stereocenters. The summed E-state index contributed by atoms with van der Waals surface area (Å²) in [5, 5.41) is 8.83. The van der Waals surface area contributed by atoms with Gasteiger partial charge < -0.3 is 9.52 Å². The average molecular weight is 289 g/mol. The molecule has 0 aromatic carbocycles. The van der Waals surface area contributed by atoms with Gasteiger partial charge >= 0.3 is 5.97 Å². The maximum Gasteiger partial charge on any atom is 0.371 e. The first-order valence-electron chi connectivity index (χ1n) is 6.18. The summed E-state index contributed by atoms with van der Waals surface area (Å²) in [6.45, 7) is 6.05. The zero-order chi connectivity index (χ0) is 14.6. The Morgan fingerprint density at radius 3 is 2.21 bits per heavy atom. The van der Waals surface area contributed by atoms with Crippen LogP contribution in [0.15, 0.2) is 15.4 Å². The number of carboxylic acid groups (broad SMARTS) is 1. The van der Waals surface area contributed by atoms with E-state index in [1.165, 1.54) is 11.2 Å². The Balaban J connectivity index is 3.20. The van der Waals surface area contributed by atoms with E-state index in [2.05, 4.69) is 0 Å². The molecule has 108 valence electrons. The van der Waals surface area contributed by atoms with Crippen LogP contribution in [0.3, 0.4) is 0 Å². The molecule has 0 radical (unpaired) electrons. The van der Waals surface area contributed by atoms with Gasteiger partial charge in [0.25, 0.3) is 0 Å². The van der Waals surface area contributed by atoms with Crippen molar-refractivity contribution in [1.82, 2.24) is 4.31 Å². The smallest absolute Gasteiger partial charge is 0.371 e. The fourth-order valence-electron chi connectivity index (χ4n) is 1.82. The highest BCUT2D eigenvalue weighted by Crippen LogP contribution is 2.24. The van der Waals surface area contributed by atoms with Gasteiger partial charge in [-0.05, 0) is 19.8 Å². The van der Waals surface area contributed by atoms with Crippen LogP contribution in [0, 0.1) is 6.92 Å². The lowest BCUT2D eigenvalue weighted by Gasteiger charge is -2.20. The Bertz CT molecular complexity index is 540. The van der Waals surface area contributed by atoms with Crippen LogP contribution in [0.4, 0.5) is 0 Å². The van der Waals surface area contributed by atoms with Crippen LogP contribution in [0.25, 0.3) is 0 Å². The summed E-state index contributed by atoms with van der Waals surface area (Å²) in [5.41, 5.74) is 0. The van der Waals surface area contributed by atoms with Crippen molar-refractivity contribution in [2.75, 3.05) is 13.1 Å². The quantitative estimate of drug-likeness (QED) is 0.830. The van der Waals surface area contributed by atoms with Crippen molar-refractivity contribution in [3.8, 4) is 0 Å². The Kier molecular flexibility index (Phi) is 5.13. The molecule has 0 aliphatic heterocycles. The maximum absolute atomic E-state index is 12.4. The highest BCUT2D eigenvalue weighted by atomic mass is 32.2. The molecule has 19 heavy (non-hydrogen) atoms. The largest absolute Gasteiger partial charge is 0.475 e. The zero-order valence-corrected chi connectivity index (χ0v) is 12.2. The van der Waals surface area contributed by atoms with Crippen molar-refractivity contribution in [3.05, 3.63) is 17.6 Å². The van der Waals surface area contributed by atoms with Gasteiger partial charge in [0, 0.05) is 19.2 Å². The summed E-state index contributed by atoms with van der Waals surface area (Å²) in [6, 6.07) is 1.07. The molecule has 0 amide bonds. The minimum absolute atomic E-state index is 0.0631. The minimum atomic E-state index is -3.69. The van der Waals surface area contributed by atoms with Crippen molar-refractivity contribution in [2.24, 2.45) is 0 Å². The Morgan fingerprint density at radius 1 is 1.32 bits per heavy atom. The number of nitrogens with zero attached hydrogens (tertiary/aromatic N) is 1. The number of hydrogen-bond acceptors (Lipinski definition) is 4. The predicted octanol–water partition coefficient (Wildman–Crippen LogP) is 2.10. The lowest BCUT2D eigenvalue weighted by Crippen LogP contribution is -2.32. The molecule has 1 N–H and O–H groups in total. The monoisotopic (exact) mass is 289 g/mol. The van der Waals surface area contributed by atoms with E-state index in [0.717, 1.165) is 6.07 Å². The molecule has 1 aromatic rings. The molecule has 0 aliphatic carbocycles.